The van der Waals surface area contributed by atoms with Gasteiger partial charge in [0.2, 0.25) is 5.91 Å². The predicted octanol–water partition coefficient (Wildman–Crippen LogP) is 3.57. The standard InChI is InChI=1S/C14H15Cl2NO/c1-2-10-7-14(18)17(9-10)6-5-11-3-4-12(15)8-13(11)16/h2-4,8,10H,1,5-7,9H2. The Kier molecular flexibility index (Phi) is 4.31. The van der Waals surface area contributed by atoms with Gasteiger partial charge < -0.3 is 4.90 Å². The highest BCUT2D eigenvalue weighted by Crippen LogP contribution is 2.23. The van der Waals surface area contributed by atoms with Crippen molar-refractivity contribution in [1.82, 2.24) is 4.90 Å². The highest BCUT2D eigenvalue weighted by atomic mass is 35.5. The van der Waals surface area contributed by atoms with Gasteiger partial charge >= 0.3 is 0 Å². The van der Waals surface area contributed by atoms with Crippen LogP contribution < -0.4 is 0 Å². The molecule has 1 aromatic rings. The van der Waals surface area contributed by atoms with Crippen molar-refractivity contribution < 1.29 is 4.79 Å². The first kappa shape index (κ1) is 13.4. The molecule has 1 aliphatic heterocycles. The predicted molar refractivity (Wildman–Crippen MR) is 75.1 cm³/mol. The van der Waals surface area contributed by atoms with Crippen LogP contribution in [0.25, 0.3) is 0 Å². The molecule has 0 radical (unpaired) electrons. The molecule has 1 aromatic carbocycles. The molecule has 1 fully saturated rings. The zero-order valence-electron chi connectivity index (χ0n) is 10.0. The zero-order valence-corrected chi connectivity index (χ0v) is 11.5. The van der Waals surface area contributed by atoms with Crippen molar-refractivity contribution in [1.29, 1.82) is 0 Å². The molecule has 1 unspecified atom stereocenters. The Labute approximate surface area is 117 Å². The molecule has 0 aliphatic carbocycles. The van der Waals surface area contributed by atoms with E-state index in [0.717, 1.165) is 18.5 Å². The first-order valence-electron chi connectivity index (χ1n) is 5.94. The van der Waals surface area contributed by atoms with Gasteiger partial charge in [-0.1, -0.05) is 35.3 Å². The van der Waals surface area contributed by atoms with Gasteiger partial charge in [0.1, 0.15) is 0 Å². The second-order valence-corrected chi connectivity index (χ2v) is 5.37. The van der Waals surface area contributed by atoms with Gasteiger partial charge in [0.15, 0.2) is 0 Å². The number of benzene rings is 1. The molecule has 0 saturated carbocycles. The molecular formula is C14H15Cl2NO. The summed E-state index contributed by atoms with van der Waals surface area (Å²) < 4.78 is 0. The molecular weight excluding hydrogens is 269 g/mol. The summed E-state index contributed by atoms with van der Waals surface area (Å²) in [7, 11) is 0. The Morgan fingerprint density at radius 1 is 1.44 bits per heavy atom. The third kappa shape index (κ3) is 3.06. The van der Waals surface area contributed by atoms with Gasteiger partial charge in [0.05, 0.1) is 0 Å². The first-order valence-corrected chi connectivity index (χ1v) is 6.70. The number of hydrogen-bond acceptors (Lipinski definition) is 1. The molecule has 2 rings (SSSR count). The maximum atomic E-state index is 11.7. The third-order valence-electron chi connectivity index (χ3n) is 3.24. The van der Waals surface area contributed by atoms with E-state index in [9.17, 15) is 4.79 Å². The topological polar surface area (TPSA) is 20.3 Å². The molecule has 18 heavy (non-hydrogen) atoms. The fourth-order valence-electron chi connectivity index (χ4n) is 2.16. The van der Waals surface area contributed by atoms with Crippen LogP contribution in [0.15, 0.2) is 30.9 Å². The van der Waals surface area contributed by atoms with E-state index in [1.165, 1.54) is 0 Å². The Balaban J connectivity index is 1.95. The van der Waals surface area contributed by atoms with Gasteiger partial charge in [0, 0.05) is 35.5 Å². The van der Waals surface area contributed by atoms with Crippen LogP contribution in [-0.2, 0) is 11.2 Å². The zero-order chi connectivity index (χ0) is 13.1. The van der Waals surface area contributed by atoms with Gasteiger partial charge in [-0.15, -0.1) is 6.58 Å². The number of nitrogens with zero attached hydrogens (tertiary/aromatic N) is 1. The number of halogens is 2. The van der Waals surface area contributed by atoms with Crippen molar-refractivity contribution in [3.63, 3.8) is 0 Å². The molecule has 4 heteroatoms. The van der Waals surface area contributed by atoms with Gasteiger partial charge in [-0.2, -0.15) is 0 Å². The van der Waals surface area contributed by atoms with Gasteiger partial charge in [0.25, 0.3) is 0 Å². The van der Waals surface area contributed by atoms with Crippen LogP contribution >= 0.6 is 23.2 Å². The van der Waals surface area contributed by atoms with Crippen LogP contribution in [0.2, 0.25) is 10.0 Å². The summed E-state index contributed by atoms with van der Waals surface area (Å²) >= 11 is 11.9. The summed E-state index contributed by atoms with van der Waals surface area (Å²) in [5.41, 5.74) is 1.02. The van der Waals surface area contributed by atoms with E-state index in [1.807, 2.05) is 23.1 Å². The minimum Gasteiger partial charge on any atom is -0.342 e. The lowest BCUT2D eigenvalue weighted by atomic mass is 10.1. The first-order chi connectivity index (χ1) is 8.60. The van der Waals surface area contributed by atoms with Crippen molar-refractivity contribution in [2.45, 2.75) is 12.8 Å². The Bertz CT molecular complexity index is 473. The summed E-state index contributed by atoms with van der Waals surface area (Å²) in [6.45, 7) is 5.21. The quantitative estimate of drug-likeness (QED) is 0.774. The lowest BCUT2D eigenvalue weighted by molar-refractivity contribution is -0.127. The Morgan fingerprint density at radius 2 is 2.22 bits per heavy atom. The van der Waals surface area contributed by atoms with Crippen molar-refractivity contribution in [2.75, 3.05) is 13.1 Å². The second-order valence-electron chi connectivity index (χ2n) is 4.53. The minimum absolute atomic E-state index is 0.199. The van der Waals surface area contributed by atoms with Crippen LogP contribution in [0, 0.1) is 5.92 Å². The molecule has 1 saturated heterocycles. The lowest BCUT2D eigenvalue weighted by Crippen LogP contribution is -2.27. The fraction of sp³-hybridized carbons (Fsp3) is 0.357. The lowest BCUT2D eigenvalue weighted by Gasteiger charge is -2.16. The van der Waals surface area contributed by atoms with Gasteiger partial charge in [-0.05, 0) is 24.1 Å². The van der Waals surface area contributed by atoms with E-state index in [4.69, 9.17) is 23.2 Å². The monoisotopic (exact) mass is 283 g/mol. The highest BCUT2D eigenvalue weighted by molar-refractivity contribution is 6.35. The van der Waals surface area contributed by atoms with E-state index in [2.05, 4.69) is 6.58 Å². The number of amides is 1. The number of likely N-dealkylation sites (tertiary alicyclic amines) is 1. The van der Waals surface area contributed by atoms with E-state index in [1.54, 1.807) is 6.07 Å². The molecule has 1 amide bonds. The minimum atomic E-state index is 0.199. The van der Waals surface area contributed by atoms with Crippen LogP contribution in [0.4, 0.5) is 0 Å². The molecule has 1 atom stereocenters. The van der Waals surface area contributed by atoms with Crippen LogP contribution in [0.5, 0.6) is 0 Å². The molecule has 0 spiro atoms. The molecule has 96 valence electrons. The summed E-state index contributed by atoms with van der Waals surface area (Å²) in [6, 6.07) is 5.47. The highest BCUT2D eigenvalue weighted by Gasteiger charge is 2.26. The third-order valence-corrected chi connectivity index (χ3v) is 3.83. The van der Waals surface area contributed by atoms with E-state index < -0.39 is 0 Å². The van der Waals surface area contributed by atoms with Gasteiger partial charge in [-0.25, -0.2) is 0 Å². The van der Waals surface area contributed by atoms with E-state index >= 15 is 0 Å². The van der Waals surface area contributed by atoms with Crippen molar-refractivity contribution in [3.8, 4) is 0 Å². The molecule has 0 aromatic heterocycles. The average molecular weight is 284 g/mol. The van der Waals surface area contributed by atoms with Crippen LogP contribution in [0.3, 0.4) is 0 Å². The van der Waals surface area contributed by atoms with Crippen molar-refractivity contribution >= 4 is 29.1 Å². The van der Waals surface area contributed by atoms with E-state index in [0.29, 0.717) is 23.0 Å². The fourth-order valence-corrected chi connectivity index (χ4v) is 2.66. The van der Waals surface area contributed by atoms with Gasteiger partial charge in [-0.3, -0.25) is 4.79 Å². The summed E-state index contributed by atoms with van der Waals surface area (Å²) in [6.07, 6.45) is 3.19. The largest absolute Gasteiger partial charge is 0.342 e. The van der Waals surface area contributed by atoms with Crippen molar-refractivity contribution in [3.05, 3.63) is 46.5 Å². The number of carbonyl (C=O) groups excluding carboxylic acids is 1. The number of hydrogen-bond donors (Lipinski definition) is 0. The number of rotatable bonds is 4. The van der Waals surface area contributed by atoms with Crippen molar-refractivity contribution in [2.24, 2.45) is 5.92 Å². The molecule has 2 nitrogen and oxygen atoms in total. The molecule has 1 heterocycles. The number of carbonyl (C=O) groups is 1. The average Bonchev–Trinajstić information content (AvgIpc) is 2.69. The summed E-state index contributed by atoms with van der Waals surface area (Å²) in [5.74, 6) is 0.489. The second kappa shape index (κ2) is 5.77. The maximum Gasteiger partial charge on any atom is 0.223 e. The van der Waals surface area contributed by atoms with Crippen LogP contribution in [0.1, 0.15) is 12.0 Å². The summed E-state index contributed by atoms with van der Waals surface area (Å²) in [4.78, 5) is 13.6. The Morgan fingerprint density at radius 3 is 2.83 bits per heavy atom. The SMILES string of the molecule is C=CC1CC(=O)N(CCc2ccc(Cl)cc2Cl)C1. The normalized spacial score (nSPS) is 19.3. The molecule has 0 bridgehead atoms. The molecule has 1 aliphatic rings. The molecule has 0 N–H and O–H groups in total. The maximum absolute atomic E-state index is 11.7. The van der Waals surface area contributed by atoms with Crippen LogP contribution in [-0.4, -0.2) is 23.9 Å². The Hall–Kier alpha value is -0.990. The smallest absolute Gasteiger partial charge is 0.223 e. The summed E-state index contributed by atoms with van der Waals surface area (Å²) in [5, 5.41) is 1.29. The van der Waals surface area contributed by atoms with E-state index in [-0.39, 0.29) is 11.8 Å².